The summed E-state index contributed by atoms with van der Waals surface area (Å²) in [6.45, 7) is -0.361. The summed E-state index contributed by atoms with van der Waals surface area (Å²) in [7, 11) is 1.41. The van der Waals surface area contributed by atoms with Crippen LogP contribution >= 0.6 is 0 Å². The third kappa shape index (κ3) is 2.08. The van der Waals surface area contributed by atoms with Crippen LogP contribution < -0.4 is 11.3 Å². The second kappa shape index (κ2) is 5.07. The fourth-order valence-electron chi connectivity index (χ4n) is 2.48. The van der Waals surface area contributed by atoms with E-state index in [1.165, 1.54) is 18.0 Å². The maximum atomic E-state index is 11.8. The minimum atomic E-state index is -1.01. The van der Waals surface area contributed by atoms with Crippen LogP contribution in [-0.4, -0.2) is 61.8 Å². The van der Waals surface area contributed by atoms with Gasteiger partial charge in [0, 0.05) is 7.11 Å². The third-order valence-electron chi connectivity index (χ3n) is 3.49. The molecule has 1 saturated heterocycles. The normalized spacial score (nSPS) is 29.3. The van der Waals surface area contributed by atoms with Gasteiger partial charge >= 0.3 is 0 Å². The van der Waals surface area contributed by atoms with Crippen LogP contribution in [0.25, 0.3) is 11.2 Å². The lowest BCUT2D eigenvalue weighted by Gasteiger charge is -2.19. The Labute approximate surface area is 118 Å². The molecule has 114 valence electrons. The van der Waals surface area contributed by atoms with Gasteiger partial charge in [-0.3, -0.25) is 14.3 Å². The maximum Gasteiger partial charge on any atom is 0.280 e. The molecular weight excluding hydrogens is 282 g/mol. The maximum absolute atomic E-state index is 11.8. The molecule has 2 aromatic rings. The van der Waals surface area contributed by atoms with Crippen molar-refractivity contribution in [1.29, 1.82) is 0 Å². The van der Waals surface area contributed by atoms with Gasteiger partial charge in [-0.2, -0.15) is 4.98 Å². The van der Waals surface area contributed by atoms with Crippen LogP contribution in [-0.2, 0) is 9.47 Å². The molecule has 0 aromatic carbocycles. The van der Waals surface area contributed by atoms with Gasteiger partial charge < -0.3 is 25.4 Å². The topological polar surface area (TPSA) is 149 Å². The number of hydrogen-bond acceptors (Lipinski definition) is 8. The summed E-state index contributed by atoms with van der Waals surface area (Å²) in [5.74, 6) is -0.0551. The van der Waals surface area contributed by atoms with Crippen molar-refractivity contribution in [3.63, 3.8) is 0 Å². The van der Waals surface area contributed by atoms with Crippen molar-refractivity contribution in [2.24, 2.45) is 0 Å². The number of nitrogen functional groups attached to an aromatic ring is 1. The first-order valence-corrected chi connectivity index (χ1v) is 6.26. The Morgan fingerprint density at radius 2 is 2.38 bits per heavy atom. The number of nitrogens with two attached hydrogens (primary N) is 1. The van der Waals surface area contributed by atoms with E-state index < -0.39 is 30.1 Å². The van der Waals surface area contributed by atoms with E-state index >= 15 is 0 Å². The predicted octanol–water partition coefficient (Wildman–Crippen LogP) is -2.03. The van der Waals surface area contributed by atoms with E-state index in [1.807, 2.05) is 0 Å². The van der Waals surface area contributed by atoms with Gasteiger partial charge in [-0.05, 0) is 0 Å². The standard InChI is InChI=1S/C11H15N5O5/c1-20-7-6(18)4(2-17)21-10(7)16-3-13-5-8(16)14-11(12)15-9(5)19/h3-4,6-7,10,17-18H,2H2,1H3,(H3,12,14,15,19)/t4-,6?,7?,10-/m0/s1. The number of aliphatic hydroxyl groups is 2. The first-order valence-electron chi connectivity index (χ1n) is 6.26. The molecule has 1 fully saturated rings. The number of nitrogens with one attached hydrogen (secondary N) is 1. The molecule has 10 heteroatoms. The fourth-order valence-corrected chi connectivity index (χ4v) is 2.48. The molecule has 3 heterocycles. The van der Waals surface area contributed by atoms with Crippen LogP contribution in [0.5, 0.6) is 0 Å². The van der Waals surface area contributed by atoms with Crippen molar-refractivity contribution in [3.05, 3.63) is 16.7 Å². The largest absolute Gasteiger partial charge is 0.394 e. The molecule has 0 amide bonds. The Morgan fingerprint density at radius 1 is 1.62 bits per heavy atom. The molecule has 3 rings (SSSR count). The summed E-state index contributed by atoms with van der Waals surface area (Å²) < 4.78 is 12.2. The highest BCUT2D eigenvalue weighted by molar-refractivity contribution is 5.70. The average molecular weight is 297 g/mol. The lowest BCUT2D eigenvalue weighted by atomic mass is 10.1. The van der Waals surface area contributed by atoms with Crippen molar-refractivity contribution >= 4 is 17.1 Å². The molecule has 0 spiro atoms. The molecule has 2 aromatic heterocycles. The number of fused-ring (bicyclic) bond motifs is 1. The van der Waals surface area contributed by atoms with E-state index in [0.29, 0.717) is 0 Å². The molecule has 0 saturated carbocycles. The molecule has 0 radical (unpaired) electrons. The second-order valence-electron chi connectivity index (χ2n) is 4.71. The van der Waals surface area contributed by atoms with E-state index in [0.717, 1.165) is 0 Å². The Hall–Kier alpha value is -2.01. The summed E-state index contributed by atoms with van der Waals surface area (Å²) in [5.41, 5.74) is 5.38. The van der Waals surface area contributed by atoms with Crippen LogP contribution in [0.15, 0.2) is 11.1 Å². The number of aromatic nitrogens is 4. The number of hydrogen-bond donors (Lipinski definition) is 4. The average Bonchev–Trinajstić information content (AvgIpc) is 2.99. The molecule has 4 atom stereocenters. The molecule has 0 aliphatic carbocycles. The van der Waals surface area contributed by atoms with Crippen LogP contribution in [0, 0.1) is 0 Å². The number of rotatable bonds is 3. The molecular formula is C11H15N5O5. The molecule has 2 unspecified atom stereocenters. The zero-order chi connectivity index (χ0) is 15.1. The SMILES string of the molecule is COC1C(O)[C@H](CO)O[C@@H]1n1cnc2c(=O)[nH]c(N)nc21. The number of H-pyrrole nitrogens is 1. The third-order valence-corrected chi connectivity index (χ3v) is 3.49. The summed E-state index contributed by atoms with van der Waals surface area (Å²) in [6.07, 6.45) is -1.96. The molecule has 1 aliphatic heterocycles. The summed E-state index contributed by atoms with van der Waals surface area (Å²) >= 11 is 0. The molecule has 0 bridgehead atoms. The van der Waals surface area contributed by atoms with E-state index in [-0.39, 0.29) is 23.7 Å². The number of ether oxygens (including phenoxy) is 2. The van der Waals surface area contributed by atoms with Gasteiger partial charge in [0.25, 0.3) is 5.56 Å². The highest BCUT2D eigenvalue weighted by Crippen LogP contribution is 2.32. The molecule has 10 nitrogen and oxygen atoms in total. The van der Waals surface area contributed by atoms with Crippen molar-refractivity contribution in [2.45, 2.75) is 24.5 Å². The van der Waals surface area contributed by atoms with Gasteiger partial charge in [-0.15, -0.1) is 0 Å². The first kappa shape index (κ1) is 13.9. The smallest absolute Gasteiger partial charge is 0.280 e. The zero-order valence-corrected chi connectivity index (χ0v) is 11.1. The first-order chi connectivity index (χ1) is 10.1. The van der Waals surface area contributed by atoms with E-state index in [2.05, 4.69) is 15.0 Å². The van der Waals surface area contributed by atoms with Gasteiger partial charge in [0.05, 0.1) is 12.9 Å². The Balaban J connectivity index is 2.10. The minimum absolute atomic E-state index is 0.0551. The van der Waals surface area contributed by atoms with Gasteiger partial charge in [0.2, 0.25) is 5.95 Å². The van der Waals surface area contributed by atoms with Crippen LogP contribution in [0.4, 0.5) is 5.95 Å². The summed E-state index contributed by atoms with van der Waals surface area (Å²) in [4.78, 5) is 22.1. The summed E-state index contributed by atoms with van der Waals surface area (Å²) in [6, 6.07) is 0. The Bertz CT molecular complexity index is 713. The second-order valence-corrected chi connectivity index (χ2v) is 4.71. The monoisotopic (exact) mass is 297 g/mol. The summed E-state index contributed by atoms with van der Waals surface area (Å²) in [5, 5.41) is 19.3. The van der Waals surface area contributed by atoms with Gasteiger partial charge in [-0.25, -0.2) is 4.98 Å². The number of imidazole rings is 1. The Morgan fingerprint density at radius 3 is 3.05 bits per heavy atom. The number of aromatic amines is 1. The number of aliphatic hydroxyl groups excluding tert-OH is 2. The lowest BCUT2D eigenvalue weighted by molar-refractivity contribution is -0.0583. The quantitative estimate of drug-likeness (QED) is 0.506. The van der Waals surface area contributed by atoms with E-state index in [9.17, 15) is 15.0 Å². The van der Waals surface area contributed by atoms with Crippen molar-refractivity contribution in [2.75, 3.05) is 19.5 Å². The van der Waals surface area contributed by atoms with Crippen LogP contribution in [0.3, 0.4) is 0 Å². The van der Waals surface area contributed by atoms with Crippen molar-refractivity contribution in [3.8, 4) is 0 Å². The van der Waals surface area contributed by atoms with Crippen molar-refractivity contribution < 1.29 is 19.7 Å². The number of methoxy groups -OCH3 is 1. The van der Waals surface area contributed by atoms with Gasteiger partial charge in [0.15, 0.2) is 17.4 Å². The molecule has 21 heavy (non-hydrogen) atoms. The van der Waals surface area contributed by atoms with E-state index in [1.54, 1.807) is 0 Å². The number of nitrogens with zero attached hydrogens (tertiary/aromatic N) is 3. The molecule has 5 N–H and O–H groups in total. The van der Waals surface area contributed by atoms with Gasteiger partial charge in [0.1, 0.15) is 18.3 Å². The fraction of sp³-hybridized carbons (Fsp3) is 0.545. The highest BCUT2D eigenvalue weighted by atomic mass is 16.6. The lowest BCUT2D eigenvalue weighted by Crippen LogP contribution is -2.34. The minimum Gasteiger partial charge on any atom is -0.394 e. The highest BCUT2D eigenvalue weighted by Gasteiger charge is 2.45. The van der Waals surface area contributed by atoms with Crippen LogP contribution in [0.1, 0.15) is 6.23 Å². The van der Waals surface area contributed by atoms with Crippen molar-refractivity contribution in [1.82, 2.24) is 19.5 Å². The Kier molecular flexibility index (Phi) is 3.37. The molecule has 1 aliphatic rings. The van der Waals surface area contributed by atoms with Crippen LogP contribution in [0.2, 0.25) is 0 Å². The van der Waals surface area contributed by atoms with E-state index in [4.69, 9.17) is 15.2 Å². The number of anilines is 1. The predicted molar refractivity (Wildman–Crippen MR) is 70.4 cm³/mol. The van der Waals surface area contributed by atoms with Gasteiger partial charge in [-0.1, -0.05) is 0 Å². The zero-order valence-electron chi connectivity index (χ0n) is 11.1.